The minimum Gasteiger partial charge on any atom is -0.380 e. The lowest BCUT2D eigenvalue weighted by molar-refractivity contribution is 0.711. The number of aryl methyl sites for hydroxylation is 1. The number of hydrogen-bond acceptors (Lipinski definition) is 2. The van der Waals surface area contributed by atoms with E-state index in [4.69, 9.17) is 11.6 Å². The molecule has 0 amide bonds. The molecule has 2 aromatic rings. The Morgan fingerprint density at radius 3 is 2.62 bits per heavy atom. The second-order valence-electron chi connectivity index (χ2n) is 5.65. The summed E-state index contributed by atoms with van der Waals surface area (Å²) in [5.41, 5.74) is 6.46. The Balaban J connectivity index is 1.82. The maximum atomic E-state index is 6.42. The van der Waals surface area contributed by atoms with Gasteiger partial charge in [0.15, 0.2) is 0 Å². The third-order valence-corrected chi connectivity index (χ3v) is 4.39. The van der Waals surface area contributed by atoms with Crippen LogP contribution in [0.2, 0.25) is 5.02 Å². The standard InChI is InChI=1S/C18H21ClN2/c1-13-2-4-14(5-3-13)12-21-18-16-9-11-20-10-8-15(16)6-7-17(18)19/h2-7,20-21H,8-12H2,1H3. The summed E-state index contributed by atoms with van der Waals surface area (Å²) in [7, 11) is 0. The highest BCUT2D eigenvalue weighted by atomic mass is 35.5. The lowest BCUT2D eigenvalue weighted by Gasteiger charge is -2.16. The predicted octanol–water partition coefficient (Wildman–Crippen LogP) is 3.95. The first-order valence-electron chi connectivity index (χ1n) is 7.54. The van der Waals surface area contributed by atoms with Gasteiger partial charge >= 0.3 is 0 Å². The van der Waals surface area contributed by atoms with Gasteiger partial charge in [-0.15, -0.1) is 0 Å². The molecule has 3 rings (SSSR count). The van der Waals surface area contributed by atoms with E-state index < -0.39 is 0 Å². The third-order valence-electron chi connectivity index (χ3n) is 4.07. The highest BCUT2D eigenvalue weighted by Gasteiger charge is 2.14. The second kappa shape index (κ2) is 6.50. The fraction of sp³-hybridized carbons (Fsp3) is 0.333. The van der Waals surface area contributed by atoms with E-state index in [1.807, 2.05) is 6.07 Å². The Bertz CT molecular complexity index is 620. The molecule has 0 spiro atoms. The predicted molar refractivity (Wildman–Crippen MR) is 90.2 cm³/mol. The van der Waals surface area contributed by atoms with Gasteiger partial charge in [0.05, 0.1) is 10.7 Å². The third kappa shape index (κ3) is 3.39. The number of halogens is 1. The van der Waals surface area contributed by atoms with Gasteiger partial charge in [0.2, 0.25) is 0 Å². The average molecular weight is 301 g/mol. The van der Waals surface area contributed by atoms with E-state index >= 15 is 0 Å². The van der Waals surface area contributed by atoms with Crippen LogP contribution in [-0.4, -0.2) is 13.1 Å². The molecule has 3 heteroatoms. The van der Waals surface area contributed by atoms with Crippen LogP contribution in [0.5, 0.6) is 0 Å². The summed E-state index contributed by atoms with van der Waals surface area (Å²) in [6.07, 6.45) is 2.11. The zero-order valence-corrected chi connectivity index (χ0v) is 13.1. The largest absolute Gasteiger partial charge is 0.380 e. The van der Waals surface area contributed by atoms with Crippen LogP contribution in [0, 0.1) is 6.92 Å². The van der Waals surface area contributed by atoms with Crippen LogP contribution in [0.4, 0.5) is 5.69 Å². The van der Waals surface area contributed by atoms with Crippen molar-refractivity contribution in [2.75, 3.05) is 18.4 Å². The number of hydrogen-bond donors (Lipinski definition) is 2. The topological polar surface area (TPSA) is 24.1 Å². The number of nitrogens with one attached hydrogen (secondary N) is 2. The van der Waals surface area contributed by atoms with Crippen LogP contribution in [0.1, 0.15) is 22.3 Å². The summed E-state index contributed by atoms with van der Waals surface area (Å²) in [5, 5.41) is 7.82. The molecule has 0 saturated heterocycles. The lowest BCUT2D eigenvalue weighted by Crippen LogP contribution is -2.16. The van der Waals surface area contributed by atoms with E-state index in [0.717, 1.165) is 43.2 Å². The van der Waals surface area contributed by atoms with Crippen LogP contribution in [0.3, 0.4) is 0 Å². The highest BCUT2D eigenvalue weighted by Crippen LogP contribution is 2.31. The van der Waals surface area contributed by atoms with E-state index in [1.54, 1.807) is 0 Å². The summed E-state index contributed by atoms with van der Waals surface area (Å²) >= 11 is 6.42. The summed E-state index contributed by atoms with van der Waals surface area (Å²) in [6, 6.07) is 12.8. The van der Waals surface area contributed by atoms with Crippen molar-refractivity contribution in [3.05, 3.63) is 63.7 Å². The summed E-state index contributed by atoms with van der Waals surface area (Å²) in [6.45, 7) is 4.99. The van der Waals surface area contributed by atoms with E-state index in [-0.39, 0.29) is 0 Å². The zero-order valence-electron chi connectivity index (χ0n) is 12.4. The number of rotatable bonds is 3. The van der Waals surface area contributed by atoms with E-state index in [9.17, 15) is 0 Å². The maximum Gasteiger partial charge on any atom is 0.0640 e. The molecule has 21 heavy (non-hydrogen) atoms. The molecule has 0 saturated carbocycles. The molecule has 0 radical (unpaired) electrons. The van der Waals surface area contributed by atoms with Crippen molar-refractivity contribution in [2.45, 2.75) is 26.3 Å². The van der Waals surface area contributed by atoms with Gasteiger partial charge in [-0.3, -0.25) is 0 Å². The van der Waals surface area contributed by atoms with Gasteiger partial charge in [0.25, 0.3) is 0 Å². The average Bonchev–Trinajstić information content (AvgIpc) is 2.73. The molecular weight excluding hydrogens is 280 g/mol. The number of fused-ring (bicyclic) bond motifs is 1. The van der Waals surface area contributed by atoms with Crippen molar-refractivity contribution in [3.8, 4) is 0 Å². The Hall–Kier alpha value is -1.51. The smallest absolute Gasteiger partial charge is 0.0640 e. The van der Waals surface area contributed by atoms with Crippen molar-refractivity contribution in [2.24, 2.45) is 0 Å². The molecule has 0 atom stereocenters. The Labute approximate surface area is 131 Å². The zero-order chi connectivity index (χ0) is 14.7. The van der Waals surface area contributed by atoms with E-state index in [1.165, 1.54) is 22.3 Å². The maximum absolute atomic E-state index is 6.42. The molecular formula is C18H21ClN2. The van der Waals surface area contributed by atoms with Gasteiger partial charge < -0.3 is 10.6 Å². The molecule has 1 heterocycles. The van der Waals surface area contributed by atoms with Crippen LogP contribution < -0.4 is 10.6 Å². The van der Waals surface area contributed by atoms with Crippen molar-refractivity contribution in [1.82, 2.24) is 5.32 Å². The Kier molecular flexibility index (Phi) is 4.47. The van der Waals surface area contributed by atoms with Crippen molar-refractivity contribution < 1.29 is 0 Å². The summed E-state index contributed by atoms with van der Waals surface area (Å²) < 4.78 is 0. The Morgan fingerprint density at radius 1 is 1.05 bits per heavy atom. The first-order valence-corrected chi connectivity index (χ1v) is 7.92. The number of anilines is 1. The first-order chi connectivity index (χ1) is 10.2. The molecule has 0 fully saturated rings. The Morgan fingerprint density at radius 2 is 1.81 bits per heavy atom. The van der Waals surface area contributed by atoms with Gasteiger partial charge in [-0.25, -0.2) is 0 Å². The van der Waals surface area contributed by atoms with Crippen LogP contribution in [0.15, 0.2) is 36.4 Å². The molecule has 0 aliphatic carbocycles. The molecule has 110 valence electrons. The molecule has 0 unspecified atom stereocenters. The van der Waals surface area contributed by atoms with Gasteiger partial charge in [-0.2, -0.15) is 0 Å². The molecule has 1 aliphatic rings. The van der Waals surface area contributed by atoms with E-state index in [0.29, 0.717) is 0 Å². The van der Waals surface area contributed by atoms with Crippen LogP contribution in [-0.2, 0) is 19.4 Å². The van der Waals surface area contributed by atoms with Gasteiger partial charge in [-0.05, 0) is 55.6 Å². The molecule has 0 aromatic heterocycles. The van der Waals surface area contributed by atoms with Crippen molar-refractivity contribution in [1.29, 1.82) is 0 Å². The van der Waals surface area contributed by atoms with Crippen LogP contribution >= 0.6 is 11.6 Å². The first kappa shape index (κ1) is 14.4. The molecule has 2 N–H and O–H groups in total. The minimum absolute atomic E-state index is 0.809. The van der Waals surface area contributed by atoms with Gasteiger partial charge in [-0.1, -0.05) is 47.5 Å². The summed E-state index contributed by atoms with van der Waals surface area (Å²) in [4.78, 5) is 0. The fourth-order valence-corrected chi connectivity index (χ4v) is 3.07. The van der Waals surface area contributed by atoms with Gasteiger partial charge in [0, 0.05) is 6.54 Å². The number of benzene rings is 2. The lowest BCUT2D eigenvalue weighted by atomic mass is 10.0. The van der Waals surface area contributed by atoms with Crippen LogP contribution in [0.25, 0.3) is 0 Å². The van der Waals surface area contributed by atoms with Crippen molar-refractivity contribution in [3.63, 3.8) is 0 Å². The summed E-state index contributed by atoms with van der Waals surface area (Å²) in [5.74, 6) is 0. The van der Waals surface area contributed by atoms with Crippen molar-refractivity contribution >= 4 is 17.3 Å². The minimum atomic E-state index is 0.809. The highest BCUT2D eigenvalue weighted by molar-refractivity contribution is 6.33. The van der Waals surface area contributed by atoms with E-state index in [2.05, 4.69) is 47.9 Å². The van der Waals surface area contributed by atoms with Gasteiger partial charge in [0.1, 0.15) is 0 Å². The second-order valence-corrected chi connectivity index (χ2v) is 6.06. The fourth-order valence-electron chi connectivity index (χ4n) is 2.83. The molecule has 0 bridgehead atoms. The molecule has 2 aromatic carbocycles. The molecule has 2 nitrogen and oxygen atoms in total. The monoisotopic (exact) mass is 300 g/mol. The normalized spacial score (nSPS) is 14.4. The quantitative estimate of drug-likeness (QED) is 0.897. The SMILES string of the molecule is Cc1ccc(CNc2c(Cl)ccc3c2CCNCC3)cc1. The molecule has 1 aliphatic heterocycles.